The number of anilines is 1. The van der Waals surface area contributed by atoms with Crippen LogP contribution in [0.5, 0.6) is 0 Å². The lowest BCUT2D eigenvalue weighted by Crippen LogP contribution is -2.33. The van der Waals surface area contributed by atoms with E-state index in [0.29, 0.717) is 12.3 Å². The van der Waals surface area contributed by atoms with Crippen LogP contribution in [0.2, 0.25) is 0 Å². The van der Waals surface area contributed by atoms with Gasteiger partial charge in [-0.25, -0.2) is 4.98 Å². The maximum absolute atomic E-state index is 13.4. The fourth-order valence-electron chi connectivity index (χ4n) is 4.40. The first-order chi connectivity index (χ1) is 14.3. The number of aryl methyl sites for hydroxylation is 1. The molecule has 0 fully saturated rings. The molecule has 30 heavy (non-hydrogen) atoms. The van der Waals surface area contributed by atoms with Crippen molar-refractivity contribution in [3.05, 3.63) is 57.5 Å². The van der Waals surface area contributed by atoms with Gasteiger partial charge in [0.1, 0.15) is 10.9 Å². The Hall–Kier alpha value is -2.47. The van der Waals surface area contributed by atoms with E-state index in [4.69, 9.17) is 0 Å². The quantitative estimate of drug-likeness (QED) is 0.627. The predicted octanol–water partition coefficient (Wildman–Crippen LogP) is 5.20. The Morgan fingerprint density at radius 1 is 1.30 bits per heavy atom. The molecule has 3 aromatic rings. The van der Waals surface area contributed by atoms with E-state index in [1.165, 1.54) is 9.44 Å². The van der Waals surface area contributed by atoms with Gasteiger partial charge in [0.2, 0.25) is 5.91 Å². The minimum Gasteiger partial charge on any atom is -0.324 e. The van der Waals surface area contributed by atoms with Crippen LogP contribution >= 0.6 is 11.3 Å². The number of amides is 1. The zero-order valence-corrected chi connectivity index (χ0v) is 18.9. The number of fused-ring (bicyclic) bond motifs is 3. The number of benzene rings is 1. The van der Waals surface area contributed by atoms with Crippen molar-refractivity contribution in [3.63, 3.8) is 0 Å². The highest BCUT2D eigenvalue weighted by Gasteiger charge is 2.32. The van der Waals surface area contributed by atoms with Gasteiger partial charge in [0.05, 0.1) is 11.7 Å². The molecule has 1 N–H and O–H groups in total. The van der Waals surface area contributed by atoms with Gasteiger partial charge in [-0.15, -0.1) is 11.3 Å². The molecule has 2 atom stereocenters. The highest BCUT2D eigenvalue weighted by Crippen LogP contribution is 2.42. The number of hydrogen-bond donors (Lipinski definition) is 1. The molecule has 4 rings (SSSR count). The largest absolute Gasteiger partial charge is 0.324 e. The van der Waals surface area contributed by atoms with E-state index in [-0.39, 0.29) is 16.9 Å². The summed E-state index contributed by atoms with van der Waals surface area (Å²) in [6.45, 7) is 8.79. The molecule has 0 aliphatic heterocycles. The summed E-state index contributed by atoms with van der Waals surface area (Å²) in [5, 5.41) is 3.64. The molecule has 0 saturated carbocycles. The van der Waals surface area contributed by atoms with Crippen LogP contribution in [0.25, 0.3) is 10.2 Å². The SMILES string of the molecule is CCC(C(=O)Nc1ccccc1)n1cnc2sc3c(c2c1=O)CCC(C(C)(C)C)C3. The Labute approximate surface area is 181 Å². The van der Waals surface area contributed by atoms with Gasteiger partial charge in [-0.2, -0.15) is 0 Å². The second-order valence-electron chi connectivity index (χ2n) is 9.23. The molecule has 0 radical (unpaired) electrons. The van der Waals surface area contributed by atoms with E-state index >= 15 is 0 Å². The zero-order valence-electron chi connectivity index (χ0n) is 18.1. The summed E-state index contributed by atoms with van der Waals surface area (Å²) < 4.78 is 1.52. The number of nitrogens with zero attached hydrogens (tertiary/aromatic N) is 2. The third-order valence-electron chi connectivity index (χ3n) is 6.29. The Balaban J connectivity index is 1.69. The number of carbonyl (C=O) groups excluding carboxylic acids is 1. The van der Waals surface area contributed by atoms with Crippen molar-refractivity contribution in [2.45, 2.75) is 59.4 Å². The van der Waals surface area contributed by atoms with Crippen LogP contribution in [0.15, 0.2) is 41.5 Å². The Bertz CT molecular complexity index is 1130. The lowest BCUT2D eigenvalue weighted by atomic mass is 9.72. The van der Waals surface area contributed by atoms with Crippen molar-refractivity contribution in [2.24, 2.45) is 11.3 Å². The molecule has 1 aliphatic rings. The summed E-state index contributed by atoms with van der Waals surface area (Å²) in [4.78, 5) is 33.0. The van der Waals surface area contributed by atoms with Crippen molar-refractivity contribution in [3.8, 4) is 0 Å². The first-order valence-electron chi connectivity index (χ1n) is 10.7. The van der Waals surface area contributed by atoms with Gasteiger partial charge in [0, 0.05) is 10.6 Å². The van der Waals surface area contributed by atoms with Crippen LogP contribution in [0.4, 0.5) is 5.69 Å². The summed E-state index contributed by atoms with van der Waals surface area (Å²) in [7, 11) is 0. The number of rotatable bonds is 4. The average Bonchev–Trinajstić information content (AvgIpc) is 3.09. The molecule has 6 heteroatoms. The molecule has 0 bridgehead atoms. The Morgan fingerprint density at radius 3 is 2.70 bits per heavy atom. The third kappa shape index (κ3) is 3.81. The van der Waals surface area contributed by atoms with E-state index in [9.17, 15) is 9.59 Å². The summed E-state index contributed by atoms with van der Waals surface area (Å²) >= 11 is 1.65. The second kappa shape index (κ2) is 7.99. The van der Waals surface area contributed by atoms with Gasteiger partial charge in [-0.1, -0.05) is 45.9 Å². The van der Waals surface area contributed by atoms with Gasteiger partial charge in [0.15, 0.2) is 0 Å². The van der Waals surface area contributed by atoms with Crippen LogP contribution in [-0.2, 0) is 17.6 Å². The molecule has 2 aromatic heterocycles. The molecule has 1 amide bonds. The van der Waals surface area contributed by atoms with Gasteiger partial charge in [-0.05, 0) is 54.7 Å². The van der Waals surface area contributed by atoms with Crippen molar-refractivity contribution in [2.75, 3.05) is 5.32 Å². The summed E-state index contributed by atoms with van der Waals surface area (Å²) in [5.74, 6) is 0.421. The number of nitrogens with one attached hydrogen (secondary N) is 1. The monoisotopic (exact) mass is 423 g/mol. The van der Waals surface area contributed by atoms with Crippen molar-refractivity contribution in [1.29, 1.82) is 0 Å². The van der Waals surface area contributed by atoms with E-state index in [1.807, 2.05) is 37.3 Å². The second-order valence-corrected chi connectivity index (χ2v) is 10.3. The standard InChI is InChI=1S/C24H29N3O2S/c1-5-18(21(28)26-16-9-7-6-8-10-16)27-14-25-22-20(23(27)29)17-12-11-15(24(2,3)4)13-19(17)30-22/h6-10,14-15,18H,5,11-13H2,1-4H3,(H,26,28). The van der Waals surface area contributed by atoms with Crippen LogP contribution in [0.3, 0.4) is 0 Å². The highest BCUT2D eigenvalue weighted by atomic mass is 32.1. The molecule has 158 valence electrons. The first kappa shape index (κ1) is 20.8. The number of hydrogen-bond acceptors (Lipinski definition) is 4. The number of aromatic nitrogens is 2. The number of para-hydroxylation sites is 1. The molecule has 0 saturated heterocycles. The van der Waals surface area contributed by atoms with Gasteiger partial charge in [-0.3, -0.25) is 14.2 Å². The van der Waals surface area contributed by atoms with E-state index in [0.717, 1.165) is 40.7 Å². The molecular weight excluding hydrogens is 394 g/mol. The van der Waals surface area contributed by atoms with Crippen molar-refractivity contribution in [1.82, 2.24) is 9.55 Å². The van der Waals surface area contributed by atoms with Crippen molar-refractivity contribution >= 4 is 33.1 Å². The summed E-state index contributed by atoms with van der Waals surface area (Å²) in [5.41, 5.74) is 2.04. The smallest absolute Gasteiger partial charge is 0.263 e. The Kier molecular flexibility index (Phi) is 5.53. The molecule has 1 aliphatic carbocycles. The molecule has 2 unspecified atom stereocenters. The minimum atomic E-state index is -0.587. The predicted molar refractivity (Wildman–Crippen MR) is 123 cm³/mol. The lowest BCUT2D eigenvalue weighted by molar-refractivity contribution is -0.119. The maximum atomic E-state index is 13.4. The normalized spacial score (nSPS) is 17.5. The molecule has 0 spiro atoms. The first-order valence-corrected chi connectivity index (χ1v) is 11.5. The fourth-order valence-corrected chi connectivity index (χ4v) is 5.65. The van der Waals surface area contributed by atoms with Crippen LogP contribution in [0, 0.1) is 11.3 Å². The third-order valence-corrected chi connectivity index (χ3v) is 7.45. The topological polar surface area (TPSA) is 64.0 Å². The fraction of sp³-hybridized carbons (Fsp3) is 0.458. The highest BCUT2D eigenvalue weighted by molar-refractivity contribution is 7.18. The van der Waals surface area contributed by atoms with Gasteiger partial charge < -0.3 is 5.32 Å². The minimum absolute atomic E-state index is 0.0956. The van der Waals surface area contributed by atoms with Crippen molar-refractivity contribution < 1.29 is 4.79 Å². The Morgan fingerprint density at radius 2 is 2.03 bits per heavy atom. The molecular formula is C24H29N3O2S. The van der Waals surface area contributed by atoms with Crippen LogP contribution in [0.1, 0.15) is 57.0 Å². The van der Waals surface area contributed by atoms with Crippen LogP contribution in [-0.4, -0.2) is 15.5 Å². The van der Waals surface area contributed by atoms with E-state index in [1.54, 1.807) is 17.7 Å². The number of thiophene rings is 1. The molecule has 2 heterocycles. The number of carbonyl (C=O) groups is 1. The maximum Gasteiger partial charge on any atom is 0.263 e. The van der Waals surface area contributed by atoms with E-state index < -0.39 is 6.04 Å². The van der Waals surface area contributed by atoms with Gasteiger partial charge >= 0.3 is 0 Å². The van der Waals surface area contributed by atoms with Crippen LogP contribution < -0.4 is 10.9 Å². The summed E-state index contributed by atoms with van der Waals surface area (Å²) in [6.07, 6.45) is 5.06. The zero-order chi connectivity index (χ0) is 21.5. The lowest BCUT2D eigenvalue weighted by Gasteiger charge is -2.33. The van der Waals surface area contributed by atoms with Gasteiger partial charge in [0.25, 0.3) is 5.56 Å². The molecule has 5 nitrogen and oxygen atoms in total. The van der Waals surface area contributed by atoms with E-state index in [2.05, 4.69) is 31.1 Å². The molecule has 1 aromatic carbocycles. The summed E-state index contributed by atoms with van der Waals surface area (Å²) in [6, 6.07) is 8.75. The average molecular weight is 424 g/mol.